The van der Waals surface area contributed by atoms with E-state index in [2.05, 4.69) is 10.2 Å². The number of piperidine rings is 1. The lowest BCUT2D eigenvalue weighted by Crippen LogP contribution is -2.41. The number of likely N-dealkylation sites (tertiary alicyclic amines) is 1. The van der Waals surface area contributed by atoms with Crippen molar-refractivity contribution in [3.63, 3.8) is 0 Å². The molecule has 2 aliphatic rings. The zero-order valence-electron chi connectivity index (χ0n) is 17.6. The predicted molar refractivity (Wildman–Crippen MR) is 114 cm³/mol. The van der Waals surface area contributed by atoms with E-state index in [1.54, 1.807) is 6.20 Å². The number of nitrogens with zero attached hydrogens (tertiary/aromatic N) is 3. The van der Waals surface area contributed by atoms with E-state index in [1.165, 1.54) is 0 Å². The molecule has 0 aliphatic carbocycles. The lowest BCUT2D eigenvalue weighted by molar-refractivity contribution is 0.0301. The Morgan fingerprint density at radius 3 is 2.55 bits per heavy atom. The average molecular weight is 422 g/mol. The van der Waals surface area contributed by atoms with Crippen molar-refractivity contribution in [1.82, 2.24) is 20.0 Å². The fourth-order valence-corrected chi connectivity index (χ4v) is 4.51. The van der Waals surface area contributed by atoms with Gasteiger partial charge in [-0.15, -0.1) is 0 Å². The van der Waals surface area contributed by atoms with Crippen LogP contribution in [0.15, 0.2) is 34.9 Å². The molecule has 2 fully saturated rings. The maximum Gasteiger partial charge on any atom is 0.289 e. The highest BCUT2D eigenvalue weighted by Crippen LogP contribution is 2.31. The number of furan rings is 1. The Kier molecular flexibility index (Phi) is 5.23. The van der Waals surface area contributed by atoms with Crippen molar-refractivity contribution < 1.29 is 18.7 Å². The molecule has 2 saturated heterocycles. The summed E-state index contributed by atoms with van der Waals surface area (Å²) < 4.78 is 11.1. The summed E-state index contributed by atoms with van der Waals surface area (Å²) in [6, 6.07) is 7.72. The number of rotatable bonds is 3. The molecule has 8 heteroatoms. The van der Waals surface area contributed by atoms with Gasteiger partial charge in [-0.05, 0) is 38.0 Å². The number of aromatic amines is 1. The molecule has 0 saturated carbocycles. The number of amides is 2. The number of nitrogens with one attached hydrogen (secondary N) is 1. The van der Waals surface area contributed by atoms with Crippen LogP contribution in [-0.2, 0) is 4.74 Å². The Balaban J connectivity index is 1.26. The third-order valence-corrected chi connectivity index (χ3v) is 6.27. The van der Waals surface area contributed by atoms with Crippen molar-refractivity contribution in [1.29, 1.82) is 0 Å². The summed E-state index contributed by atoms with van der Waals surface area (Å²) in [6.07, 6.45) is 3.17. The number of hydrogen-bond acceptors (Lipinski definition) is 5. The topological polar surface area (TPSA) is 91.7 Å². The Hall–Kier alpha value is -3.13. The summed E-state index contributed by atoms with van der Waals surface area (Å²) >= 11 is 0. The molecule has 0 atom stereocenters. The number of carbonyl (C=O) groups is 2. The summed E-state index contributed by atoms with van der Waals surface area (Å²) in [5.41, 5.74) is 3.38. The van der Waals surface area contributed by atoms with Crippen LogP contribution in [0.4, 0.5) is 0 Å². The molecule has 2 aromatic heterocycles. The average Bonchev–Trinajstić information content (AvgIpc) is 3.46. The molecule has 8 nitrogen and oxygen atoms in total. The molecule has 0 radical (unpaired) electrons. The molecular weight excluding hydrogens is 396 g/mol. The second-order valence-corrected chi connectivity index (χ2v) is 8.32. The number of benzene rings is 1. The second kappa shape index (κ2) is 8.19. The van der Waals surface area contributed by atoms with Gasteiger partial charge in [0.05, 0.1) is 30.7 Å². The van der Waals surface area contributed by atoms with Crippen molar-refractivity contribution in [3.8, 4) is 0 Å². The summed E-state index contributed by atoms with van der Waals surface area (Å²) in [5.74, 6) is 0.471. The van der Waals surface area contributed by atoms with E-state index in [-0.39, 0.29) is 17.7 Å². The molecule has 1 aromatic carbocycles. The first-order chi connectivity index (χ1) is 15.1. The third-order valence-electron chi connectivity index (χ3n) is 6.27. The molecule has 162 valence electrons. The van der Waals surface area contributed by atoms with E-state index in [0.717, 1.165) is 35.1 Å². The Morgan fingerprint density at radius 2 is 1.77 bits per heavy atom. The summed E-state index contributed by atoms with van der Waals surface area (Å²) in [6.45, 7) is 5.60. The minimum Gasteiger partial charge on any atom is -0.451 e. The maximum atomic E-state index is 13.0. The highest BCUT2D eigenvalue weighted by Gasteiger charge is 2.31. The van der Waals surface area contributed by atoms with Crippen LogP contribution in [0.1, 0.15) is 50.9 Å². The van der Waals surface area contributed by atoms with Gasteiger partial charge in [-0.2, -0.15) is 5.10 Å². The number of aryl methyl sites for hydroxylation is 1. The summed E-state index contributed by atoms with van der Waals surface area (Å²) in [4.78, 5) is 29.5. The molecule has 2 amide bonds. The summed E-state index contributed by atoms with van der Waals surface area (Å²) in [7, 11) is 0. The van der Waals surface area contributed by atoms with Crippen LogP contribution in [-0.4, -0.2) is 71.2 Å². The molecule has 0 unspecified atom stereocenters. The number of aromatic nitrogens is 2. The van der Waals surface area contributed by atoms with Crippen LogP contribution in [0, 0.1) is 6.92 Å². The van der Waals surface area contributed by atoms with Crippen molar-refractivity contribution >= 4 is 22.8 Å². The lowest BCUT2D eigenvalue weighted by Gasteiger charge is -2.32. The van der Waals surface area contributed by atoms with E-state index in [4.69, 9.17) is 9.15 Å². The largest absolute Gasteiger partial charge is 0.451 e. The van der Waals surface area contributed by atoms with Gasteiger partial charge in [0.2, 0.25) is 0 Å². The first kappa shape index (κ1) is 19.8. The van der Waals surface area contributed by atoms with Crippen molar-refractivity contribution in [2.75, 3.05) is 39.4 Å². The van der Waals surface area contributed by atoms with Gasteiger partial charge in [0, 0.05) is 37.5 Å². The van der Waals surface area contributed by atoms with Crippen LogP contribution in [0.2, 0.25) is 0 Å². The van der Waals surface area contributed by atoms with Crippen LogP contribution >= 0.6 is 0 Å². The highest BCUT2D eigenvalue weighted by molar-refractivity contribution is 5.96. The highest BCUT2D eigenvalue weighted by atomic mass is 16.5. The molecule has 3 aromatic rings. The second-order valence-electron chi connectivity index (χ2n) is 8.32. The predicted octanol–water partition coefficient (Wildman–Crippen LogP) is 2.96. The van der Waals surface area contributed by atoms with Gasteiger partial charge < -0.3 is 19.0 Å². The monoisotopic (exact) mass is 422 g/mol. The molecule has 31 heavy (non-hydrogen) atoms. The van der Waals surface area contributed by atoms with Gasteiger partial charge in [0.15, 0.2) is 5.76 Å². The maximum absolute atomic E-state index is 13.0. The number of carbonyl (C=O) groups excluding carboxylic acids is 2. The Labute approximate surface area is 180 Å². The normalized spacial score (nSPS) is 18.0. The molecule has 0 spiro atoms. The molecular formula is C23H26N4O4. The van der Waals surface area contributed by atoms with Crippen LogP contribution in [0.3, 0.4) is 0 Å². The number of fused-ring (bicyclic) bond motifs is 1. The van der Waals surface area contributed by atoms with E-state index in [1.807, 2.05) is 41.0 Å². The number of H-pyrrole nitrogens is 1. The van der Waals surface area contributed by atoms with E-state index >= 15 is 0 Å². The fraction of sp³-hybridized carbons (Fsp3) is 0.435. The molecule has 1 N–H and O–H groups in total. The van der Waals surface area contributed by atoms with Gasteiger partial charge in [0.1, 0.15) is 5.58 Å². The minimum atomic E-state index is -0.0819. The molecule has 2 aliphatic heterocycles. The number of morpholine rings is 1. The Bertz CT molecular complexity index is 1100. The van der Waals surface area contributed by atoms with E-state index in [9.17, 15) is 9.59 Å². The first-order valence-electron chi connectivity index (χ1n) is 10.8. The number of hydrogen-bond donors (Lipinski definition) is 1. The van der Waals surface area contributed by atoms with Gasteiger partial charge in [-0.3, -0.25) is 14.7 Å². The number of ether oxygens (including phenoxy) is 1. The SMILES string of the molecule is Cc1ccc2oc(C(=O)N3CCC(c4[nH]ncc4C(=O)N4CCOCC4)CC3)cc2c1. The van der Waals surface area contributed by atoms with E-state index < -0.39 is 0 Å². The van der Waals surface area contributed by atoms with Crippen LogP contribution < -0.4 is 0 Å². The van der Waals surface area contributed by atoms with Crippen LogP contribution in [0.5, 0.6) is 0 Å². The summed E-state index contributed by atoms with van der Waals surface area (Å²) in [5, 5.41) is 8.14. The zero-order chi connectivity index (χ0) is 21.4. The van der Waals surface area contributed by atoms with Gasteiger partial charge >= 0.3 is 0 Å². The standard InChI is InChI=1S/C23H26N4O4/c1-15-2-3-19-17(12-15)13-20(31-19)23(29)26-6-4-16(5-7-26)21-18(14-24-25-21)22(28)27-8-10-30-11-9-27/h2-3,12-14,16H,4-11H2,1H3,(H,24,25). The van der Waals surface area contributed by atoms with Crippen molar-refractivity contribution in [2.45, 2.75) is 25.7 Å². The van der Waals surface area contributed by atoms with Crippen molar-refractivity contribution in [2.24, 2.45) is 0 Å². The molecule has 4 heterocycles. The quantitative estimate of drug-likeness (QED) is 0.701. The minimum absolute atomic E-state index is 0.00289. The molecule has 5 rings (SSSR count). The smallest absolute Gasteiger partial charge is 0.289 e. The first-order valence-corrected chi connectivity index (χ1v) is 10.8. The fourth-order valence-electron chi connectivity index (χ4n) is 4.51. The van der Waals surface area contributed by atoms with Crippen LogP contribution in [0.25, 0.3) is 11.0 Å². The lowest BCUT2D eigenvalue weighted by atomic mass is 9.91. The Morgan fingerprint density at radius 1 is 1.03 bits per heavy atom. The van der Waals surface area contributed by atoms with E-state index in [0.29, 0.717) is 50.7 Å². The molecule has 0 bridgehead atoms. The van der Waals surface area contributed by atoms with Crippen molar-refractivity contribution in [3.05, 3.63) is 53.0 Å². The zero-order valence-corrected chi connectivity index (χ0v) is 17.6. The third kappa shape index (κ3) is 3.83. The van der Waals surface area contributed by atoms with Gasteiger partial charge in [-0.1, -0.05) is 11.6 Å². The van der Waals surface area contributed by atoms with Gasteiger partial charge in [0.25, 0.3) is 11.8 Å². The van der Waals surface area contributed by atoms with Gasteiger partial charge in [-0.25, -0.2) is 0 Å².